The summed E-state index contributed by atoms with van der Waals surface area (Å²) in [7, 11) is 5.42. The number of rotatable bonds is 4. The van der Waals surface area contributed by atoms with E-state index in [1.807, 2.05) is 13.8 Å². The molecule has 1 aliphatic rings. The summed E-state index contributed by atoms with van der Waals surface area (Å²) < 4.78 is 0. The smallest absolute Gasteiger partial charge is 0.179 e. The van der Waals surface area contributed by atoms with Gasteiger partial charge >= 0.3 is 0 Å². The molecule has 0 aromatic carbocycles. The summed E-state index contributed by atoms with van der Waals surface area (Å²) >= 11 is 0. The van der Waals surface area contributed by atoms with Gasteiger partial charge in [0, 0.05) is 5.92 Å². The lowest BCUT2D eigenvalue weighted by Gasteiger charge is -2.29. The number of hydrogen-bond acceptors (Lipinski definition) is 2. The molecule has 0 spiro atoms. The second-order valence-electron chi connectivity index (χ2n) is 4.18. The maximum absolute atomic E-state index is 12.0. The minimum atomic E-state index is -0.505. The van der Waals surface area contributed by atoms with Crippen molar-refractivity contribution >= 4 is 13.8 Å². The van der Waals surface area contributed by atoms with Gasteiger partial charge in [-0.15, -0.1) is 0 Å². The van der Waals surface area contributed by atoms with Gasteiger partial charge in [0.05, 0.1) is 5.54 Å². The number of hydrogen-bond donors (Lipinski definition) is 1. The minimum absolute atomic E-state index is 0.251. The predicted molar refractivity (Wildman–Crippen MR) is 54.6 cm³/mol. The normalized spacial score (nSPS) is 22.9. The van der Waals surface area contributed by atoms with E-state index in [4.69, 9.17) is 7.98 Å². The maximum Gasteiger partial charge on any atom is 0.179 e. The molecule has 0 saturated heterocycles. The number of carbonyl (C=O) groups excluding carboxylic acids is 1. The van der Waals surface area contributed by atoms with Crippen LogP contribution in [0.15, 0.2) is 0 Å². The topological polar surface area (TPSA) is 29.1 Å². The first-order chi connectivity index (χ1) is 6.14. The third-order valence-corrected chi connectivity index (χ3v) is 3.30. The third-order valence-electron chi connectivity index (χ3n) is 3.30. The van der Waals surface area contributed by atoms with Gasteiger partial charge < -0.3 is 5.23 Å². The first kappa shape index (κ1) is 10.8. The summed E-state index contributed by atoms with van der Waals surface area (Å²) in [5.41, 5.74) is -0.505. The van der Waals surface area contributed by atoms with Gasteiger partial charge in [0.15, 0.2) is 13.8 Å². The molecule has 2 nitrogen and oxygen atoms in total. The van der Waals surface area contributed by atoms with Crippen LogP contribution in [-0.2, 0) is 4.79 Å². The van der Waals surface area contributed by atoms with E-state index in [0.717, 1.165) is 19.3 Å². The lowest BCUT2D eigenvalue weighted by Crippen LogP contribution is -2.50. The molecule has 1 fully saturated rings. The van der Waals surface area contributed by atoms with Crippen LogP contribution in [0.25, 0.3) is 0 Å². The first-order valence-corrected chi connectivity index (χ1v) is 5.16. The zero-order chi connectivity index (χ0) is 9.90. The molecular formula is C10H18BNO. The second-order valence-corrected chi connectivity index (χ2v) is 4.18. The van der Waals surface area contributed by atoms with Gasteiger partial charge in [0.1, 0.15) is 0 Å². The molecule has 0 aromatic rings. The molecule has 1 atom stereocenters. The predicted octanol–water partition coefficient (Wildman–Crippen LogP) is 1.59. The van der Waals surface area contributed by atoms with Crippen molar-refractivity contribution in [2.75, 3.05) is 0 Å². The molecule has 3 heteroatoms. The van der Waals surface area contributed by atoms with E-state index in [9.17, 15) is 4.79 Å². The summed E-state index contributed by atoms with van der Waals surface area (Å²) in [5.74, 6) is 0.552. The number of carbonyl (C=O) groups is 1. The standard InChI is InChI=1S/C10H18BNO/c1-3-10(2,12-11)9(13)8-6-4-5-7-8/h8,12H,3-7H2,1-2H3. The van der Waals surface area contributed by atoms with Gasteiger partial charge in [-0.05, 0) is 26.2 Å². The Labute approximate surface area is 81.9 Å². The Hall–Kier alpha value is -0.305. The Bertz CT molecular complexity index is 183. The molecule has 0 aromatic heterocycles. The van der Waals surface area contributed by atoms with Crippen molar-refractivity contribution in [1.82, 2.24) is 5.23 Å². The fourth-order valence-electron chi connectivity index (χ4n) is 1.99. The van der Waals surface area contributed by atoms with E-state index in [0.29, 0.717) is 5.78 Å². The molecule has 0 heterocycles. The second kappa shape index (κ2) is 4.27. The van der Waals surface area contributed by atoms with Gasteiger partial charge in [-0.1, -0.05) is 19.8 Å². The Balaban J connectivity index is 2.63. The molecule has 13 heavy (non-hydrogen) atoms. The number of ketones is 1. The molecule has 0 aliphatic heterocycles. The monoisotopic (exact) mass is 179 g/mol. The van der Waals surface area contributed by atoms with Gasteiger partial charge in [0.2, 0.25) is 0 Å². The van der Waals surface area contributed by atoms with Gasteiger partial charge in [-0.3, -0.25) is 4.79 Å². The van der Waals surface area contributed by atoms with Crippen molar-refractivity contribution in [2.45, 2.75) is 51.5 Å². The fourth-order valence-corrected chi connectivity index (χ4v) is 1.99. The van der Waals surface area contributed by atoms with Crippen LogP contribution in [0.5, 0.6) is 0 Å². The molecule has 1 unspecified atom stereocenters. The molecule has 0 amide bonds. The number of nitrogens with one attached hydrogen (secondary N) is 1. The Morgan fingerprint density at radius 1 is 1.54 bits per heavy atom. The minimum Gasteiger partial charge on any atom is -0.355 e. The van der Waals surface area contributed by atoms with E-state index in [1.54, 1.807) is 0 Å². The Kier molecular flexibility index (Phi) is 3.54. The fraction of sp³-hybridized carbons (Fsp3) is 0.900. The van der Waals surface area contributed by atoms with Crippen molar-refractivity contribution in [1.29, 1.82) is 0 Å². The molecule has 2 radical (unpaired) electrons. The van der Waals surface area contributed by atoms with Crippen molar-refractivity contribution in [2.24, 2.45) is 5.92 Å². The van der Waals surface area contributed by atoms with E-state index in [1.165, 1.54) is 12.8 Å². The van der Waals surface area contributed by atoms with Crippen LogP contribution in [-0.4, -0.2) is 19.3 Å². The summed E-state index contributed by atoms with van der Waals surface area (Å²) in [6.07, 6.45) is 5.26. The average Bonchev–Trinajstić information content (AvgIpc) is 2.68. The van der Waals surface area contributed by atoms with Gasteiger partial charge in [-0.25, -0.2) is 0 Å². The van der Waals surface area contributed by atoms with Crippen LogP contribution in [0, 0.1) is 5.92 Å². The van der Waals surface area contributed by atoms with Crippen LogP contribution in [0.3, 0.4) is 0 Å². The van der Waals surface area contributed by atoms with Crippen molar-refractivity contribution in [3.05, 3.63) is 0 Å². The van der Waals surface area contributed by atoms with Crippen molar-refractivity contribution < 1.29 is 4.79 Å². The summed E-state index contributed by atoms with van der Waals surface area (Å²) in [6, 6.07) is 0. The lowest BCUT2D eigenvalue weighted by molar-refractivity contribution is -0.128. The molecule has 1 aliphatic carbocycles. The van der Waals surface area contributed by atoms with Gasteiger partial charge in [0.25, 0.3) is 0 Å². The van der Waals surface area contributed by atoms with Crippen LogP contribution in [0.1, 0.15) is 46.0 Å². The summed E-state index contributed by atoms with van der Waals surface area (Å²) in [4.78, 5) is 12.0. The average molecular weight is 179 g/mol. The quantitative estimate of drug-likeness (QED) is 0.664. The SMILES string of the molecule is [B]NC(C)(CC)C(=O)C1CCCC1. The molecule has 1 N–H and O–H groups in total. The summed E-state index contributed by atoms with van der Waals surface area (Å²) in [6.45, 7) is 3.89. The zero-order valence-electron chi connectivity index (χ0n) is 8.60. The van der Waals surface area contributed by atoms with Crippen LogP contribution in [0.2, 0.25) is 0 Å². The third kappa shape index (κ3) is 2.13. The number of Topliss-reactive ketones (excluding diaryl/α,β-unsaturated/α-hetero) is 1. The van der Waals surface area contributed by atoms with Crippen molar-refractivity contribution in [3.63, 3.8) is 0 Å². The molecule has 72 valence electrons. The van der Waals surface area contributed by atoms with E-state index in [2.05, 4.69) is 5.23 Å². The summed E-state index contributed by atoms with van der Waals surface area (Å²) in [5, 5.41) is 2.66. The maximum atomic E-state index is 12.0. The van der Waals surface area contributed by atoms with Crippen LogP contribution in [0.4, 0.5) is 0 Å². The highest BCUT2D eigenvalue weighted by Gasteiger charge is 2.35. The molecular weight excluding hydrogens is 161 g/mol. The van der Waals surface area contributed by atoms with E-state index >= 15 is 0 Å². The molecule has 1 saturated carbocycles. The Morgan fingerprint density at radius 2 is 2.08 bits per heavy atom. The van der Waals surface area contributed by atoms with E-state index in [-0.39, 0.29) is 5.92 Å². The lowest BCUT2D eigenvalue weighted by atomic mass is 9.83. The first-order valence-electron chi connectivity index (χ1n) is 5.16. The Morgan fingerprint density at radius 3 is 2.46 bits per heavy atom. The van der Waals surface area contributed by atoms with Crippen molar-refractivity contribution in [3.8, 4) is 0 Å². The highest BCUT2D eigenvalue weighted by molar-refractivity contribution is 6.08. The molecule has 1 rings (SSSR count). The van der Waals surface area contributed by atoms with Crippen LogP contribution < -0.4 is 5.23 Å². The van der Waals surface area contributed by atoms with Gasteiger partial charge in [-0.2, -0.15) is 0 Å². The zero-order valence-corrected chi connectivity index (χ0v) is 8.60. The van der Waals surface area contributed by atoms with E-state index < -0.39 is 5.54 Å². The largest absolute Gasteiger partial charge is 0.355 e. The molecule has 0 bridgehead atoms. The highest BCUT2D eigenvalue weighted by Crippen LogP contribution is 2.29. The highest BCUT2D eigenvalue weighted by atomic mass is 16.1. The van der Waals surface area contributed by atoms with Crippen LogP contribution >= 0.6 is 0 Å².